The van der Waals surface area contributed by atoms with E-state index in [0.29, 0.717) is 23.4 Å². The third-order valence-corrected chi connectivity index (χ3v) is 3.55. The fourth-order valence-corrected chi connectivity index (χ4v) is 2.10. The number of benzene rings is 1. The molecule has 0 fully saturated rings. The Kier molecular flexibility index (Phi) is 7.11. The molecule has 0 spiro atoms. The molecule has 26 heavy (non-hydrogen) atoms. The van der Waals surface area contributed by atoms with Gasteiger partial charge in [-0.15, -0.1) is 0 Å². The van der Waals surface area contributed by atoms with Crippen molar-refractivity contribution in [1.82, 2.24) is 4.98 Å². The topological polar surface area (TPSA) is 94.6 Å². The lowest BCUT2D eigenvalue weighted by Crippen LogP contribution is -2.23. The average Bonchev–Trinajstić information content (AvgIpc) is 2.66. The molecule has 1 N–H and O–H groups in total. The van der Waals surface area contributed by atoms with E-state index in [4.69, 9.17) is 21.1 Å². The molecule has 0 radical (unpaired) electrons. The number of pyridine rings is 1. The van der Waals surface area contributed by atoms with Crippen molar-refractivity contribution in [3.63, 3.8) is 0 Å². The normalized spacial score (nSPS) is 10.1. The Morgan fingerprint density at radius 2 is 1.85 bits per heavy atom. The molecule has 1 heterocycles. The Morgan fingerprint density at radius 3 is 2.50 bits per heavy atom. The minimum absolute atomic E-state index is 0.0238. The summed E-state index contributed by atoms with van der Waals surface area (Å²) in [6.07, 6.45) is 1.90. The van der Waals surface area contributed by atoms with Gasteiger partial charge in [-0.05, 0) is 36.4 Å². The summed E-state index contributed by atoms with van der Waals surface area (Å²) in [6, 6.07) is 9.61. The number of nitrogens with zero attached hydrogens (tertiary/aromatic N) is 1. The second kappa shape index (κ2) is 9.53. The predicted octanol–water partition coefficient (Wildman–Crippen LogP) is 2.89. The van der Waals surface area contributed by atoms with Crippen LogP contribution in [0.5, 0.6) is 5.75 Å². The van der Waals surface area contributed by atoms with Crippen molar-refractivity contribution >= 4 is 34.9 Å². The third-order valence-electron chi connectivity index (χ3n) is 3.25. The minimum Gasteiger partial charge on any atom is -0.482 e. The standard InChI is InChI=1S/C18H17ClN2O5/c1-2-15(22)12-5-7-13(8-6-12)25-11-17(24)26-10-16(23)21-14-4-3-9-20-18(14)19/h3-9H,2,10-11H2,1H3,(H,21,23). The lowest BCUT2D eigenvalue weighted by molar-refractivity contribution is -0.149. The van der Waals surface area contributed by atoms with E-state index in [2.05, 4.69) is 10.3 Å². The molecule has 136 valence electrons. The maximum Gasteiger partial charge on any atom is 0.344 e. The van der Waals surface area contributed by atoms with Crippen molar-refractivity contribution in [3.05, 3.63) is 53.3 Å². The van der Waals surface area contributed by atoms with E-state index in [1.165, 1.54) is 6.20 Å². The van der Waals surface area contributed by atoms with E-state index in [0.717, 1.165) is 0 Å². The highest BCUT2D eigenvalue weighted by Gasteiger charge is 2.11. The van der Waals surface area contributed by atoms with E-state index >= 15 is 0 Å². The maximum absolute atomic E-state index is 11.7. The lowest BCUT2D eigenvalue weighted by atomic mass is 10.1. The molecule has 1 aromatic carbocycles. The number of carbonyl (C=O) groups is 3. The smallest absolute Gasteiger partial charge is 0.344 e. The van der Waals surface area contributed by atoms with Crippen LogP contribution in [0.25, 0.3) is 0 Å². The molecular formula is C18H17ClN2O5. The quantitative estimate of drug-likeness (QED) is 0.432. The highest BCUT2D eigenvalue weighted by atomic mass is 35.5. The van der Waals surface area contributed by atoms with Gasteiger partial charge in [0.25, 0.3) is 5.91 Å². The first-order valence-electron chi connectivity index (χ1n) is 7.81. The van der Waals surface area contributed by atoms with Crippen LogP contribution in [0.2, 0.25) is 5.15 Å². The molecule has 0 bridgehead atoms. The maximum atomic E-state index is 11.7. The van der Waals surface area contributed by atoms with Gasteiger partial charge >= 0.3 is 5.97 Å². The molecule has 0 atom stereocenters. The summed E-state index contributed by atoms with van der Waals surface area (Å²) in [7, 11) is 0. The summed E-state index contributed by atoms with van der Waals surface area (Å²) < 4.78 is 10.1. The van der Waals surface area contributed by atoms with E-state index in [-0.39, 0.29) is 17.5 Å². The van der Waals surface area contributed by atoms with Gasteiger partial charge in [0.2, 0.25) is 0 Å². The van der Waals surface area contributed by atoms with Gasteiger partial charge in [-0.3, -0.25) is 9.59 Å². The van der Waals surface area contributed by atoms with Crippen molar-refractivity contribution in [2.24, 2.45) is 0 Å². The second-order valence-electron chi connectivity index (χ2n) is 5.14. The van der Waals surface area contributed by atoms with Crippen LogP contribution < -0.4 is 10.1 Å². The highest BCUT2D eigenvalue weighted by Crippen LogP contribution is 2.17. The van der Waals surface area contributed by atoms with Crippen LogP contribution in [0.15, 0.2) is 42.6 Å². The van der Waals surface area contributed by atoms with Gasteiger partial charge in [-0.2, -0.15) is 0 Å². The first kappa shape index (κ1) is 19.4. The van der Waals surface area contributed by atoms with E-state index in [1.807, 2.05) is 0 Å². The number of amides is 1. The summed E-state index contributed by atoms with van der Waals surface area (Å²) in [5.74, 6) is -0.807. The van der Waals surface area contributed by atoms with Crippen molar-refractivity contribution < 1.29 is 23.9 Å². The van der Waals surface area contributed by atoms with Crippen LogP contribution in [0.1, 0.15) is 23.7 Å². The molecular weight excluding hydrogens is 360 g/mol. The monoisotopic (exact) mass is 376 g/mol. The van der Waals surface area contributed by atoms with Crippen LogP contribution in [0, 0.1) is 0 Å². The second-order valence-corrected chi connectivity index (χ2v) is 5.50. The zero-order chi connectivity index (χ0) is 18.9. The number of ketones is 1. The summed E-state index contributed by atoms with van der Waals surface area (Å²) >= 11 is 5.81. The van der Waals surface area contributed by atoms with Crippen molar-refractivity contribution in [1.29, 1.82) is 0 Å². The fraction of sp³-hybridized carbons (Fsp3) is 0.222. The fourth-order valence-electron chi connectivity index (χ4n) is 1.94. The molecule has 1 aromatic heterocycles. The van der Waals surface area contributed by atoms with Crippen molar-refractivity contribution in [2.75, 3.05) is 18.5 Å². The molecule has 1 amide bonds. The number of Topliss-reactive ketones (excluding diaryl/α,β-unsaturated/α-hetero) is 1. The van der Waals surface area contributed by atoms with Crippen LogP contribution in [0.3, 0.4) is 0 Å². The average molecular weight is 377 g/mol. The van der Waals surface area contributed by atoms with Gasteiger partial charge in [0, 0.05) is 18.2 Å². The molecule has 0 aliphatic rings. The van der Waals surface area contributed by atoms with Crippen molar-refractivity contribution in [2.45, 2.75) is 13.3 Å². The van der Waals surface area contributed by atoms with E-state index < -0.39 is 18.5 Å². The molecule has 7 nitrogen and oxygen atoms in total. The summed E-state index contributed by atoms with van der Waals surface area (Å²) in [6.45, 7) is 0.945. The Labute approximate surface area is 155 Å². The lowest BCUT2D eigenvalue weighted by Gasteiger charge is -2.08. The number of halogens is 1. The van der Waals surface area contributed by atoms with Gasteiger partial charge in [-0.1, -0.05) is 18.5 Å². The van der Waals surface area contributed by atoms with Gasteiger partial charge in [0.1, 0.15) is 5.75 Å². The Hall–Kier alpha value is -2.93. The molecule has 0 saturated heterocycles. The molecule has 0 unspecified atom stereocenters. The van der Waals surface area contributed by atoms with Crippen LogP contribution in [-0.4, -0.2) is 35.9 Å². The number of aromatic nitrogens is 1. The Bertz CT molecular complexity index is 792. The first-order chi connectivity index (χ1) is 12.5. The van der Waals surface area contributed by atoms with Gasteiger partial charge < -0.3 is 14.8 Å². The molecule has 0 aliphatic carbocycles. The molecule has 0 aliphatic heterocycles. The highest BCUT2D eigenvalue weighted by molar-refractivity contribution is 6.32. The SMILES string of the molecule is CCC(=O)c1ccc(OCC(=O)OCC(=O)Nc2cccnc2Cl)cc1. The van der Waals surface area contributed by atoms with Crippen molar-refractivity contribution in [3.8, 4) is 5.75 Å². The number of esters is 1. The summed E-state index contributed by atoms with van der Waals surface area (Å²) in [5, 5.41) is 2.62. The molecule has 2 aromatic rings. The molecule has 0 saturated carbocycles. The zero-order valence-electron chi connectivity index (χ0n) is 14.0. The zero-order valence-corrected chi connectivity index (χ0v) is 14.8. The minimum atomic E-state index is -0.703. The molecule has 2 rings (SSSR count). The number of ether oxygens (including phenoxy) is 2. The number of hydrogen-bond acceptors (Lipinski definition) is 6. The summed E-state index contributed by atoms with van der Waals surface area (Å²) in [4.78, 5) is 38.7. The van der Waals surface area contributed by atoms with Gasteiger partial charge in [0.05, 0.1) is 5.69 Å². The number of anilines is 1. The Morgan fingerprint density at radius 1 is 1.12 bits per heavy atom. The Balaban J connectivity index is 1.74. The van der Waals surface area contributed by atoms with E-state index in [9.17, 15) is 14.4 Å². The van der Waals surface area contributed by atoms with Crippen LogP contribution in [-0.2, 0) is 14.3 Å². The number of hydrogen-bond donors (Lipinski definition) is 1. The van der Waals surface area contributed by atoms with Crippen LogP contribution in [0.4, 0.5) is 5.69 Å². The van der Waals surface area contributed by atoms with Crippen LogP contribution >= 0.6 is 11.6 Å². The third kappa shape index (κ3) is 5.86. The summed E-state index contributed by atoms with van der Waals surface area (Å²) in [5.41, 5.74) is 0.904. The van der Waals surface area contributed by atoms with E-state index in [1.54, 1.807) is 43.3 Å². The molecule has 8 heteroatoms. The number of rotatable bonds is 8. The largest absolute Gasteiger partial charge is 0.482 e. The first-order valence-corrected chi connectivity index (χ1v) is 8.19. The predicted molar refractivity (Wildman–Crippen MR) is 95.4 cm³/mol. The number of carbonyl (C=O) groups excluding carboxylic acids is 3. The van der Waals surface area contributed by atoms with Gasteiger partial charge in [0.15, 0.2) is 24.2 Å². The number of nitrogens with one attached hydrogen (secondary N) is 1. The van der Waals surface area contributed by atoms with Gasteiger partial charge in [-0.25, -0.2) is 9.78 Å².